The van der Waals surface area contributed by atoms with Gasteiger partial charge in [-0.1, -0.05) is 31.9 Å². The molecule has 0 fully saturated rings. The van der Waals surface area contributed by atoms with Crippen LogP contribution in [0.25, 0.3) is 0 Å². The fourth-order valence-electron chi connectivity index (χ4n) is 2.04. The Morgan fingerprint density at radius 1 is 1.37 bits per heavy atom. The first-order chi connectivity index (χ1) is 9.08. The van der Waals surface area contributed by atoms with Gasteiger partial charge in [-0.05, 0) is 31.2 Å². The predicted octanol–water partition coefficient (Wildman–Crippen LogP) is 2.99. The van der Waals surface area contributed by atoms with Gasteiger partial charge in [-0.3, -0.25) is 9.69 Å². The van der Waals surface area contributed by atoms with E-state index in [1.807, 2.05) is 11.9 Å². The minimum absolute atomic E-state index is 0.210. The molecule has 1 aromatic carbocycles. The van der Waals surface area contributed by atoms with Crippen LogP contribution in [-0.2, 0) is 16.1 Å². The second-order valence-electron chi connectivity index (χ2n) is 4.72. The van der Waals surface area contributed by atoms with Crippen LogP contribution < -0.4 is 0 Å². The highest BCUT2D eigenvalue weighted by Crippen LogP contribution is 2.13. The molecule has 0 saturated heterocycles. The van der Waals surface area contributed by atoms with Gasteiger partial charge in [0.05, 0.1) is 7.11 Å². The maximum absolute atomic E-state index is 12.8. The van der Waals surface area contributed by atoms with Crippen molar-refractivity contribution in [2.75, 3.05) is 14.2 Å². The third kappa shape index (κ3) is 4.99. The Labute approximate surface area is 114 Å². The number of likely N-dealkylation sites (N-methyl/N-ethyl adjacent to an activating group) is 1. The van der Waals surface area contributed by atoms with Crippen LogP contribution in [0.1, 0.15) is 31.7 Å². The molecule has 0 bridgehead atoms. The molecule has 0 N–H and O–H groups in total. The average molecular weight is 267 g/mol. The van der Waals surface area contributed by atoms with Gasteiger partial charge in [0.15, 0.2) is 0 Å². The number of nitrogens with zero attached hydrogens (tertiary/aromatic N) is 1. The number of carbonyl (C=O) groups excluding carboxylic acids is 1. The Bertz CT molecular complexity index is 392. The van der Waals surface area contributed by atoms with E-state index in [0.29, 0.717) is 6.54 Å². The molecular formula is C15H22FNO2. The van der Waals surface area contributed by atoms with E-state index in [1.165, 1.54) is 19.2 Å². The lowest BCUT2D eigenvalue weighted by Crippen LogP contribution is -2.38. The number of halogens is 1. The van der Waals surface area contributed by atoms with Crippen molar-refractivity contribution in [3.05, 3.63) is 35.6 Å². The van der Waals surface area contributed by atoms with E-state index in [-0.39, 0.29) is 17.8 Å². The molecule has 1 rings (SSSR count). The van der Waals surface area contributed by atoms with Gasteiger partial charge in [0.25, 0.3) is 0 Å². The maximum Gasteiger partial charge on any atom is 0.323 e. The third-order valence-corrected chi connectivity index (χ3v) is 3.18. The van der Waals surface area contributed by atoms with E-state index in [0.717, 1.165) is 24.8 Å². The number of esters is 1. The summed E-state index contributed by atoms with van der Waals surface area (Å²) in [7, 11) is 3.30. The van der Waals surface area contributed by atoms with Crippen molar-refractivity contribution in [1.82, 2.24) is 4.90 Å². The molecule has 0 amide bonds. The van der Waals surface area contributed by atoms with Crippen LogP contribution in [0, 0.1) is 5.82 Å². The Kier molecular flexibility index (Phi) is 6.50. The third-order valence-electron chi connectivity index (χ3n) is 3.18. The summed E-state index contributed by atoms with van der Waals surface area (Å²) in [6.07, 6.45) is 2.80. The van der Waals surface area contributed by atoms with Gasteiger partial charge in [-0.15, -0.1) is 0 Å². The molecule has 0 saturated carbocycles. The van der Waals surface area contributed by atoms with Crippen molar-refractivity contribution < 1.29 is 13.9 Å². The Morgan fingerprint density at radius 3 is 2.53 bits per heavy atom. The molecule has 0 aromatic heterocycles. The van der Waals surface area contributed by atoms with Crippen molar-refractivity contribution in [3.63, 3.8) is 0 Å². The van der Waals surface area contributed by atoms with E-state index >= 15 is 0 Å². The van der Waals surface area contributed by atoms with Crippen LogP contribution in [0.2, 0.25) is 0 Å². The minimum Gasteiger partial charge on any atom is -0.468 e. The zero-order valence-corrected chi connectivity index (χ0v) is 11.9. The van der Waals surface area contributed by atoms with Crippen LogP contribution in [-0.4, -0.2) is 31.1 Å². The molecule has 1 aromatic rings. The first-order valence-electron chi connectivity index (χ1n) is 6.61. The molecule has 1 unspecified atom stereocenters. The van der Waals surface area contributed by atoms with Gasteiger partial charge in [0.2, 0.25) is 0 Å². The molecule has 0 aliphatic carbocycles. The number of hydrogen-bond donors (Lipinski definition) is 0. The molecule has 0 spiro atoms. The zero-order valence-electron chi connectivity index (χ0n) is 11.9. The largest absolute Gasteiger partial charge is 0.468 e. The molecule has 4 heteroatoms. The van der Waals surface area contributed by atoms with Gasteiger partial charge in [-0.25, -0.2) is 4.39 Å². The minimum atomic E-state index is -0.248. The van der Waals surface area contributed by atoms with Crippen molar-refractivity contribution in [3.8, 4) is 0 Å². The molecule has 0 heterocycles. The number of hydrogen-bond acceptors (Lipinski definition) is 3. The van der Waals surface area contributed by atoms with Gasteiger partial charge >= 0.3 is 5.97 Å². The van der Waals surface area contributed by atoms with Crippen LogP contribution in [0.4, 0.5) is 4.39 Å². The molecule has 1 atom stereocenters. The normalized spacial score (nSPS) is 12.5. The summed E-state index contributed by atoms with van der Waals surface area (Å²) >= 11 is 0. The molecule has 0 aliphatic rings. The lowest BCUT2D eigenvalue weighted by molar-refractivity contribution is -0.147. The average Bonchev–Trinajstić information content (AvgIpc) is 2.41. The second-order valence-corrected chi connectivity index (χ2v) is 4.72. The van der Waals surface area contributed by atoms with Crippen LogP contribution in [0.3, 0.4) is 0 Å². The van der Waals surface area contributed by atoms with Crippen molar-refractivity contribution in [2.45, 2.75) is 38.8 Å². The highest BCUT2D eigenvalue weighted by atomic mass is 19.1. The predicted molar refractivity (Wildman–Crippen MR) is 73.2 cm³/mol. The second kappa shape index (κ2) is 7.89. The quantitative estimate of drug-likeness (QED) is 0.711. The first kappa shape index (κ1) is 15.6. The fourth-order valence-corrected chi connectivity index (χ4v) is 2.04. The molecule has 19 heavy (non-hydrogen) atoms. The number of methoxy groups -OCH3 is 1. The fraction of sp³-hybridized carbons (Fsp3) is 0.533. The summed E-state index contributed by atoms with van der Waals surface area (Å²) in [4.78, 5) is 13.7. The summed E-state index contributed by atoms with van der Waals surface area (Å²) in [6, 6.07) is 6.10. The van der Waals surface area contributed by atoms with E-state index in [1.54, 1.807) is 12.1 Å². The standard InChI is InChI=1S/C15H22FNO2/c1-4-5-6-14(15(18)19-3)17(2)11-12-7-9-13(16)10-8-12/h7-10,14H,4-6,11H2,1-3H3. The summed E-state index contributed by atoms with van der Waals surface area (Å²) in [5.41, 5.74) is 0.981. The highest BCUT2D eigenvalue weighted by Gasteiger charge is 2.23. The molecule has 0 aliphatic heterocycles. The summed E-state index contributed by atoms with van der Waals surface area (Å²) in [5.74, 6) is -0.458. The van der Waals surface area contributed by atoms with E-state index in [4.69, 9.17) is 4.74 Å². The number of ether oxygens (including phenoxy) is 1. The monoisotopic (exact) mass is 267 g/mol. The van der Waals surface area contributed by atoms with Crippen molar-refractivity contribution >= 4 is 5.97 Å². The Balaban J connectivity index is 2.67. The zero-order chi connectivity index (χ0) is 14.3. The van der Waals surface area contributed by atoms with Crippen LogP contribution >= 0.6 is 0 Å². The topological polar surface area (TPSA) is 29.5 Å². The Hall–Kier alpha value is -1.42. The molecular weight excluding hydrogens is 245 g/mol. The van der Waals surface area contributed by atoms with Gasteiger partial charge in [-0.2, -0.15) is 0 Å². The lowest BCUT2D eigenvalue weighted by Gasteiger charge is -2.25. The van der Waals surface area contributed by atoms with Gasteiger partial charge in [0, 0.05) is 6.54 Å². The van der Waals surface area contributed by atoms with Crippen molar-refractivity contribution in [2.24, 2.45) is 0 Å². The number of benzene rings is 1. The molecule has 3 nitrogen and oxygen atoms in total. The molecule has 106 valence electrons. The van der Waals surface area contributed by atoms with Gasteiger partial charge < -0.3 is 4.74 Å². The highest BCUT2D eigenvalue weighted by molar-refractivity contribution is 5.75. The van der Waals surface area contributed by atoms with Gasteiger partial charge in [0.1, 0.15) is 11.9 Å². The molecule has 0 radical (unpaired) electrons. The van der Waals surface area contributed by atoms with E-state index < -0.39 is 0 Å². The summed E-state index contributed by atoms with van der Waals surface area (Å²) in [5, 5.41) is 0. The SMILES string of the molecule is CCCCC(C(=O)OC)N(C)Cc1ccc(F)cc1. The van der Waals surface area contributed by atoms with E-state index in [9.17, 15) is 9.18 Å². The summed E-state index contributed by atoms with van der Waals surface area (Å²) < 4.78 is 17.7. The first-order valence-corrected chi connectivity index (χ1v) is 6.61. The Morgan fingerprint density at radius 2 is 2.00 bits per heavy atom. The number of carbonyl (C=O) groups is 1. The van der Waals surface area contributed by atoms with E-state index in [2.05, 4.69) is 6.92 Å². The van der Waals surface area contributed by atoms with Crippen LogP contribution in [0.5, 0.6) is 0 Å². The van der Waals surface area contributed by atoms with Crippen molar-refractivity contribution in [1.29, 1.82) is 0 Å². The number of rotatable bonds is 7. The summed E-state index contributed by atoms with van der Waals surface area (Å²) in [6.45, 7) is 2.69. The number of unbranched alkanes of at least 4 members (excludes halogenated alkanes) is 1. The lowest BCUT2D eigenvalue weighted by atomic mass is 10.1. The maximum atomic E-state index is 12.8. The smallest absolute Gasteiger partial charge is 0.323 e. The van der Waals surface area contributed by atoms with Crippen LogP contribution in [0.15, 0.2) is 24.3 Å².